The molecule has 0 unspecified atom stereocenters. The van der Waals surface area contributed by atoms with Gasteiger partial charge in [-0.2, -0.15) is 0 Å². The zero-order valence-corrected chi connectivity index (χ0v) is 16.8. The Morgan fingerprint density at radius 1 is 1.16 bits per heavy atom. The minimum absolute atomic E-state index is 0.124. The van der Waals surface area contributed by atoms with Gasteiger partial charge in [-0.3, -0.25) is 4.79 Å². The van der Waals surface area contributed by atoms with E-state index < -0.39 is 0 Å². The molecule has 1 N–H and O–H groups in total. The highest BCUT2D eigenvalue weighted by Gasteiger charge is 2.32. The van der Waals surface area contributed by atoms with Gasteiger partial charge in [0, 0.05) is 24.5 Å². The van der Waals surface area contributed by atoms with Crippen molar-refractivity contribution in [3.63, 3.8) is 0 Å². The number of nitrogens with one attached hydrogen (secondary N) is 1. The number of hydrogen-bond acceptors (Lipinski definition) is 2. The number of rotatable bonds is 1. The molecule has 0 aromatic heterocycles. The summed E-state index contributed by atoms with van der Waals surface area (Å²) in [6.45, 7) is 15.6. The van der Waals surface area contributed by atoms with Crippen LogP contribution < -0.4 is 5.32 Å². The van der Waals surface area contributed by atoms with Gasteiger partial charge in [-0.25, -0.2) is 0 Å². The maximum Gasteiger partial charge on any atom is 0.228 e. The standard InChI is InChI=1S/C22H34N2O/c1-21(2,3)16-12-15-14-24(20(25)22(4,5)6)11-9-17(15)18(13-16)19-8-7-10-23-19/h12-13,19,23H,7-11,14H2,1-6H3/t19-/m0/s1. The zero-order valence-electron chi connectivity index (χ0n) is 16.8. The Bertz CT molecular complexity index is 658. The summed E-state index contributed by atoms with van der Waals surface area (Å²) in [5.41, 5.74) is 5.54. The highest BCUT2D eigenvalue weighted by atomic mass is 16.2. The van der Waals surface area contributed by atoms with Crippen LogP contribution in [-0.2, 0) is 23.2 Å². The zero-order chi connectivity index (χ0) is 18.4. The van der Waals surface area contributed by atoms with Crippen LogP contribution in [0.3, 0.4) is 0 Å². The van der Waals surface area contributed by atoms with Crippen LogP contribution in [0.5, 0.6) is 0 Å². The maximum atomic E-state index is 12.8. The minimum atomic E-state index is -0.311. The molecule has 25 heavy (non-hydrogen) atoms. The molecule has 2 aliphatic rings. The largest absolute Gasteiger partial charge is 0.338 e. The average molecular weight is 343 g/mol. The highest BCUT2D eigenvalue weighted by Crippen LogP contribution is 2.36. The molecule has 1 saturated heterocycles. The van der Waals surface area contributed by atoms with Crippen molar-refractivity contribution in [2.45, 2.75) is 78.8 Å². The van der Waals surface area contributed by atoms with Crippen molar-refractivity contribution in [1.29, 1.82) is 0 Å². The first-order valence-electron chi connectivity index (χ1n) is 9.76. The molecule has 138 valence electrons. The van der Waals surface area contributed by atoms with Crippen molar-refractivity contribution in [3.05, 3.63) is 34.4 Å². The number of hydrogen-bond donors (Lipinski definition) is 1. The number of fused-ring (bicyclic) bond motifs is 1. The first kappa shape index (κ1) is 18.4. The van der Waals surface area contributed by atoms with Gasteiger partial charge in [-0.1, -0.05) is 53.7 Å². The van der Waals surface area contributed by atoms with Crippen LogP contribution in [0.4, 0.5) is 0 Å². The van der Waals surface area contributed by atoms with Crippen molar-refractivity contribution in [1.82, 2.24) is 10.2 Å². The minimum Gasteiger partial charge on any atom is -0.338 e. The number of carbonyl (C=O) groups excluding carboxylic acids is 1. The highest BCUT2D eigenvalue weighted by molar-refractivity contribution is 5.81. The van der Waals surface area contributed by atoms with Gasteiger partial charge in [0.15, 0.2) is 0 Å². The Labute approximate surface area is 153 Å². The molecule has 1 fully saturated rings. The third-order valence-corrected chi connectivity index (χ3v) is 5.60. The predicted molar refractivity (Wildman–Crippen MR) is 104 cm³/mol. The van der Waals surface area contributed by atoms with E-state index in [1.165, 1.54) is 35.1 Å². The lowest BCUT2D eigenvalue weighted by Gasteiger charge is -2.36. The Morgan fingerprint density at radius 3 is 2.44 bits per heavy atom. The number of benzene rings is 1. The van der Waals surface area contributed by atoms with E-state index in [-0.39, 0.29) is 16.7 Å². The Kier molecular flexibility index (Phi) is 4.74. The molecular weight excluding hydrogens is 308 g/mol. The van der Waals surface area contributed by atoms with Crippen molar-refractivity contribution in [3.8, 4) is 0 Å². The summed E-state index contributed by atoms with van der Waals surface area (Å²) in [4.78, 5) is 14.8. The van der Waals surface area contributed by atoms with Gasteiger partial charge in [-0.05, 0) is 53.5 Å². The lowest BCUT2D eigenvalue weighted by atomic mass is 9.80. The van der Waals surface area contributed by atoms with E-state index in [9.17, 15) is 4.79 Å². The fraction of sp³-hybridized carbons (Fsp3) is 0.682. The summed E-state index contributed by atoms with van der Waals surface area (Å²) in [6.07, 6.45) is 3.47. The Morgan fingerprint density at radius 2 is 1.88 bits per heavy atom. The van der Waals surface area contributed by atoms with Crippen LogP contribution in [-0.4, -0.2) is 23.9 Å². The number of carbonyl (C=O) groups is 1. The monoisotopic (exact) mass is 342 g/mol. The lowest BCUT2D eigenvalue weighted by Crippen LogP contribution is -2.42. The number of nitrogens with zero attached hydrogens (tertiary/aromatic N) is 1. The van der Waals surface area contributed by atoms with E-state index >= 15 is 0 Å². The molecule has 2 aliphatic heterocycles. The van der Waals surface area contributed by atoms with Crippen LogP contribution in [0, 0.1) is 5.41 Å². The van der Waals surface area contributed by atoms with Crippen molar-refractivity contribution in [2.24, 2.45) is 5.41 Å². The predicted octanol–water partition coefficient (Wildman–Crippen LogP) is 4.34. The van der Waals surface area contributed by atoms with E-state index in [1.54, 1.807) is 0 Å². The van der Waals surface area contributed by atoms with Gasteiger partial charge in [0.2, 0.25) is 5.91 Å². The second kappa shape index (κ2) is 6.42. The summed E-state index contributed by atoms with van der Waals surface area (Å²) in [6, 6.07) is 5.28. The van der Waals surface area contributed by atoms with Gasteiger partial charge in [-0.15, -0.1) is 0 Å². The van der Waals surface area contributed by atoms with Gasteiger partial charge < -0.3 is 10.2 Å². The van der Waals surface area contributed by atoms with Crippen LogP contribution in [0.15, 0.2) is 12.1 Å². The quantitative estimate of drug-likeness (QED) is 0.823. The lowest BCUT2D eigenvalue weighted by molar-refractivity contribution is -0.140. The molecule has 0 spiro atoms. The molecule has 2 heterocycles. The summed E-state index contributed by atoms with van der Waals surface area (Å²) in [5.74, 6) is 0.264. The maximum absolute atomic E-state index is 12.8. The van der Waals surface area contributed by atoms with E-state index in [4.69, 9.17) is 0 Å². The summed E-state index contributed by atoms with van der Waals surface area (Å²) < 4.78 is 0. The van der Waals surface area contributed by atoms with Crippen molar-refractivity contribution < 1.29 is 4.79 Å². The second-order valence-electron chi connectivity index (χ2n) is 9.83. The normalized spacial score (nSPS) is 21.4. The fourth-order valence-electron chi connectivity index (χ4n) is 4.08. The Hall–Kier alpha value is -1.35. The molecule has 3 heteroatoms. The third-order valence-electron chi connectivity index (χ3n) is 5.60. The smallest absolute Gasteiger partial charge is 0.228 e. The molecule has 1 aromatic carbocycles. The molecule has 1 atom stereocenters. The molecule has 0 bridgehead atoms. The van der Waals surface area contributed by atoms with Gasteiger partial charge >= 0.3 is 0 Å². The molecule has 0 saturated carbocycles. The van der Waals surface area contributed by atoms with E-state index in [2.05, 4.69) is 43.1 Å². The third kappa shape index (κ3) is 3.76. The van der Waals surface area contributed by atoms with Crippen molar-refractivity contribution in [2.75, 3.05) is 13.1 Å². The van der Waals surface area contributed by atoms with Crippen LogP contribution in [0.25, 0.3) is 0 Å². The second-order valence-corrected chi connectivity index (χ2v) is 9.83. The summed E-state index contributed by atoms with van der Waals surface area (Å²) in [7, 11) is 0. The van der Waals surface area contributed by atoms with E-state index in [1.807, 2.05) is 20.8 Å². The topological polar surface area (TPSA) is 32.3 Å². The van der Waals surface area contributed by atoms with Crippen LogP contribution in [0.1, 0.15) is 82.7 Å². The SMILES string of the molecule is CC(C)(C)C(=O)N1CCc2c(cc(C(C)(C)C)cc2[C@@H]2CCCN2)C1. The van der Waals surface area contributed by atoms with Crippen LogP contribution >= 0.6 is 0 Å². The molecule has 3 nitrogen and oxygen atoms in total. The first-order chi connectivity index (χ1) is 11.6. The van der Waals surface area contributed by atoms with E-state index in [0.717, 1.165) is 26.1 Å². The fourth-order valence-corrected chi connectivity index (χ4v) is 4.08. The average Bonchev–Trinajstić information content (AvgIpc) is 3.05. The molecule has 1 aromatic rings. The Balaban J connectivity index is 2.00. The van der Waals surface area contributed by atoms with Gasteiger partial charge in [0.25, 0.3) is 0 Å². The molecular formula is C22H34N2O. The van der Waals surface area contributed by atoms with E-state index in [0.29, 0.717) is 6.04 Å². The van der Waals surface area contributed by atoms with Crippen molar-refractivity contribution >= 4 is 5.91 Å². The molecule has 3 rings (SSSR count). The molecule has 1 amide bonds. The number of amides is 1. The molecule has 0 aliphatic carbocycles. The van der Waals surface area contributed by atoms with Gasteiger partial charge in [0.05, 0.1) is 0 Å². The molecule has 0 radical (unpaired) electrons. The first-order valence-corrected chi connectivity index (χ1v) is 9.76. The summed E-state index contributed by atoms with van der Waals surface area (Å²) >= 11 is 0. The summed E-state index contributed by atoms with van der Waals surface area (Å²) in [5, 5.41) is 3.68. The van der Waals surface area contributed by atoms with Crippen LogP contribution in [0.2, 0.25) is 0 Å². The van der Waals surface area contributed by atoms with Gasteiger partial charge in [0.1, 0.15) is 0 Å².